The van der Waals surface area contributed by atoms with E-state index < -0.39 is 5.97 Å². The molecule has 0 aromatic heterocycles. The number of aliphatic carboxylic acids is 1. The summed E-state index contributed by atoms with van der Waals surface area (Å²) in [6, 6.07) is 0.427. The smallest absolute Gasteiger partial charge is 0.303 e. The monoisotopic (exact) mass is 369 g/mol. The molecule has 0 bridgehead atoms. The second-order valence-electron chi connectivity index (χ2n) is 8.14. The normalized spacial score (nSPS) is 12.4. The molecule has 1 atom stereocenters. The van der Waals surface area contributed by atoms with E-state index in [1.165, 1.54) is 109 Å². The number of rotatable bonds is 21. The summed E-state index contributed by atoms with van der Waals surface area (Å²) >= 11 is 0. The molecule has 3 nitrogen and oxygen atoms in total. The molecule has 0 amide bonds. The van der Waals surface area contributed by atoms with Crippen molar-refractivity contribution < 1.29 is 9.90 Å². The lowest BCUT2D eigenvalue weighted by Crippen LogP contribution is -2.19. The standard InChI is InChI=1S/C23H47NO2/c1-2-3-4-5-10-13-16-19-22(24)20-17-14-11-8-6-7-9-12-15-18-21-23(25)26/h22H,2-21,24H2,1H3,(H,25,26). The molecule has 3 N–H and O–H groups in total. The van der Waals surface area contributed by atoms with E-state index in [2.05, 4.69) is 6.92 Å². The minimum atomic E-state index is -0.660. The lowest BCUT2D eigenvalue weighted by atomic mass is 10.0. The number of hydrogen-bond acceptors (Lipinski definition) is 2. The Balaban J connectivity index is 3.14. The van der Waals surface area contributed by atoms with E-state index in [9.17, 15) is 4.79 Å². The summed E-state index contributed by atoms with van der Waals surface area (Å²) in [5, 5.41) is 8.57. The Bertz CT molecular complexity index is 294. The summed E-state index contributed by atoms with van der Waals surface area (Å²) in [6.45, 7) is 2.27. The Kier molecular flexibility index (Phi) is 20.3. The summed E-state index contributed by atoms with van der Waals surface area (Å²) in [4.78, 5) is 10.4. The van der Waals surface area contributed by atoms with Gasteiger partial charge in [-0.25, -0.2) is 0 Å². The van der Waals surface area contributed by atoms with Gasteiger partial charge in [-0.15, -0.1) is 0 Å². The zero-order chi connectivity index (χ0) is 19.3. The highest BCUT2D eigenvalue weighted by molar-refractivity contribution is 5.66. The van der Waals surface area contributed by atoms with E-state index in [4.69, 9.17) is 10.8 Å². The highest BCUT2D eigenvalue weighted by atomic mass is 16.4. The third-order valence-corrected chi connectivity index (χ3v) is 5.39. The van der Waals surface area contributed by atoms with Gasteiger partial charge >= 0.3 is 5.97 Å². The highest BCUT2D eigenvalue weighted by Crippen LogP contribution is 2.14. The van der Waals surface area contributed by atoms with Crippen LogP contribution < -0.4 is 5.73 Å². The molecule has 0 saturated heterocycles. The molecule has 0 aliphatic heterocycles. The molecule has 0 aromatic carbocycles. The number of hydrogen-bond donors (Lipinski definition) is 2. The van der Waals surface area contributed by atoms with E-state index in [0.29, 0.717) is 12.5 Å². The molecule has 0 spiro atoms. The molecule has 0 aliphatic carbocycles. The van der Waals surface area contributed by atoms with Crippen molar-refractivity contribution in [3.05, 3.63) is 0 Å². The third-order valence-electron chi connectivity index (χ3n) is 5.39. The maximum absolute atomic E-state index is 10.4. The summed E-state index contributed by atoms with van der Waals surface area (Å²) < 4.78 is 0. The molecule has 0 rings (SSSR count). The van der Waals surface area contributed by atoms with Crippen molar-refractivity contribution >= 4 is 5.97 Å². The molecule has 156 valence electrons. The first kappa shape index (κ1) is 25.4. The van der Waals surface area contributed by atoms with E-state index in [1.54, 1.807) is 0 Å². The molecule has 3 heteroatoms. The van der Waals surface area contributed by atoms with Crippen LogP contribution in [0.25, 0.3) is 0 Å². The molecule has 0 aliphatic rings. The maximum atomic E-state index is 10.4. The van der Waals surface area contributed by atoms with Gasteiger partial charge in [0.2, 0.25) is 0 Å². The van der Waals surface area contributed by atoms with E-state index in [-0.39, 0.29) is 0 Å². The van der Waals surface area contributed by atoms with Crippen LogP contribution in [0, 0.1) is 0 Å². The van der Waals surface area contributed by atoms with Gasteiger partial charge in [-0.3, -0.25) is 4.79 Å². The second kappa shape index (κ2) is 20.7. The number of unbranched alkanes of at least 4 members (excludes halogenated alkanes) is 15. The predicted octanol–water partition coefficient (Wildman–Crippen LogP) is 7.22. The molecule has 0 saturated carbocycles. The minimum Gasteiger partial charge on any atom is -0.481 e. The summed E-state index contributed by atoms with van der Waals surface area (Å²) in [7, 11) is 0. The lowest BCUT2D eigenvalue weighted by Gasteiger charge is -2.11. The van der Waals surface area contributed by atoms with Crippen molar-refractivity contribution in [3.63, 3.8) is 0 Å². The van der Waals surface area contributed by atoms with Crippen LogP contribution in [0.15, 0.2) is 0 Å². The first-order valence-corrected chi connectivity index (χ1v) is 11.6. The van der Waals surface area contributed by atoms with Gasteiger partial charge in [-0.2, -0.15) is 0 Å². The van der Waals surface area contributed by atoms with Gasteiger partial charge in [0.1, 0.15) is 0 Å². The maximum Gasteiger partial charge on any atom is 0.303 e. The predicted molar refractivity (Wildman–Crippen MR) is 114 cm³/mol. The first-order chi connectivity index (χ1) is 12.7. The van der Waals surface area contributed by atoms with Crippen molar-refractivity contribution in [3.8, 4) is 0 Å². The number of carboxylic acid groups (broad SMARTS) is 1. The van der Waals surface area contributed by atoms with Gasteiger partial charge in [0, 0.05) is 12.5 Å². The van der Waals surface area contributed by atoms with Crippen LogP contribution in [-0.2, 0) is 4.79 Å². The Morgan fingerprint density at radius 2 is 1.00 bits per heavy atom. The summed E-state index contributed by atoms with van der Waals surface area (Å²) in [5.41, 5.74) is 6.24. The molecule has 0 radical (unpaired) electrons. The Hall–Kier alpha value is -0.570. The third kappa shape index (κ3) is 21.5. The Morgan fingerprint density at radius 3 is 1.38 bits per heavy atom. The fourth-order valence-electron chi connectivity index (χ4n) is 3.60. The fraction of sp³-hybridized carbons (Fsp3) is 0.957. The van der Waals surface area contributed by atoms with Gasteiger partial charge < -0.3 is 10.8 Å². The highest BCUT2D eigenvalue weighted by Gasteiger charge is 2.02. The molecule has 0 fully saturated rings. The first-order valence-electron chi connectivity index (χ1n) is 11.6. The van der Waals surface area contributed by atoms with Crippen LogP contribution in [-0.4, -0.2) is 17.1 Å². The number of nitrogens with two attached hydrogens (primary N) is 1. The van der Waals surface area contributed by atoms with Gasteiger partial charge in [-0.1, -0.05) is 110 Å². The molecule has 0 heterocycles. The van der Waals surface area contributed by atoms with Crippen LogP contribution >= 0.6 is 0 Å². The van der Waals surface area contributed by atoms with Crippen molar-refractivity contribution in [1.29, 1.82) is 0 Å². The topological polar surface area (TPSA) is 63.3 Å². The lowest BCUT2D eigenvalue weighted by molar-refractivity contribution is -0.137. The SMILES string of the molecule is CCCCCCCCCC(N)CCCCCCCCCCCCC(=O)O. The van der Waals surface area contributed by atoms with Crippen LogP contribution in [0.2, 0.25) is 0 Å². The average Bonchev–Trinajstić information content (AvgIpc) is 2.61. The zero-order valence-electron chi connectivity index (χ0n) is 17.7. The van der Waals surface area contributed by atoms with Crippen LogP contribution in [0.1, 0.15) is 135 Å². The molecule has 0 aromatic rings. The minimum absolute atomic E-state index is 0.334. The summed E-state index contributed by atoms with van der Waals surface area (Å²) in [6.07, 6.45) is 24.7. The van der Waals surface area contributed by atoms with Crippen LogP contribution in [0.4, 0.5) is 0 Å². The zero-order valence-corrected chi connectivity index (χ0v) is 17.7. The number of carbonyl (C=O) groups is 1. The van der Waals surface area contributed by atoms with E-state index in [0.717, 1.165) is 12.8 Å². The molecular weight excluding hydrogens is 322 g/mol. The Labute approximate surface area is 163 Å². The van der Waals surface area contributed by atoms with Crippen molar-refractivity contribution in [2.24, 2.45) is 5.73 Å². The fourth-order valence-corrected chi connectivity index (χ4v) is 3.60. The summed E-state index contributed by atoms with van der Waals surface area (Å²) in [5.74, 6) is -0.660. The number of carboxylic acids is 1. The molecule has 1 unspecified atom stereocenters. The van der Waals surface area contributed by atoms with Crippen molar-refractivity contribution in [2.45, 2.75) is 141 Å². The molecular formula is C23H47NO2. The Morgan fingerprint density at radius 1 is 0.654 bits per heavy atom. The van der Waals surface area contributed by atoms with Crippen LogP contribution in [0.3, 0.4) is 0 Å². The van der Waals surface area contributed by atoms with Crippen molar-refractivity contribution in [2.75, 3.05) is 0 Å². The molecule has 26 heavy (non-hydrogen) atoms. The van der Waals surface area contributed by atoms with Crippen LogP contribution in [0.5, 0.6) is 0 Å². The quantitative estimate of drug-likeness (QED) is 0.210. The van der Waals surface area contributed by atoms with E-state index >= 15 is 0 Å². The van der Waals surface area contributed by atoms with E-state index in [1.807, 2.05) is 0 Å². The van der Waals surface area contributed by atoms with Crippen molar-refractivity contribution in [1.82, 2.24) is 0 Å². The largest absolute Gasteiger partial charge is 0.481 e. The van der Waals surface area contributed by atoms with Gasteiger partial charge in [0.25, 0.3) is 0 Å². The second-order valence-corrected chi connectivity index (χ2v) is 8.14. The average molecular weight is 370 g/mol. The van der Waals surface area contributed by atoms with Gasteiger partial charge in [0.05, 0.1) is 0 Å². The van der Waals surface area contributed by atoms with Gasteiger partial charge in [-0.05, 0) is 19.3 Å². The van der Waals surface area contributed by atoms with Gasteiger partial charge in [0.15, 0.2) is 0 Å².